The largest absolute Gasteiger partial charge is 0.463 e. The summed E-state index contributed by atoms with van der Waals surface area (Å²) in [5.74, 6) is -0.334. The van der Waals surface area contributed by atoms with Gasteiger partial charge < -0.3 is 9.84 Å². The summed E-state index contributed by atoms with van der Waals surface area (Å²) in [6.45, 7) is 2.44. The number of carbonyl (C=O) groups excluding carboxylic acids is 1. The van der Waals surface area contributed by atoms with Crippen LogP contribution in [0, 0.1) is 0 Å². The number of aromatic nitrogens is 2. The van der Waals surface area contributed by atoms with Crippen LogP contribution in [-0.4, -0.2) is 40.8 Å². The second kappa shape index (κ2) is 9.37. The number of rotatable bonds is 9. The quantitative estimate of drug-likeness (QED) is 0.380. The Kier molecular flexibility index (Phi) is 7.64. The van der Waals surface area contributed by atoms with Gasteiger partial charge in [-0.2, -0.15) is 5.48 Å². The zero-order valence-corrected chi connectivity index (χ0v) is 10.9. The first-order chi connectivity index (χ1) is 9.29. The van der Waals surface area contributed by atoms with Gasteiger partial charge in [-0.15, -0.1) is 0 Å². The van der Waals surface area contributed by atoms with Gasteiger partial charge in [0.05, 0.1) is 13.2 Å². The van der Waals surface area contributed by atoms with Gasteiger partial charge in [-0.25, -0.2) is 14.8 Å². The van der Waals surface area contributed by atoms with Gasteiger partial charge in [-0.3, -0.25) is 4.84 Å². The number of nitrogens with zero attached hydrogens (tertiary/aromatic N) is 2. The van der Waals surface area contributed by atoms with Crippen molar-refractivity contribution >= 4 is 5.97 Å². The maximum absolute atomic E-state index is 11.9. The van der Waals surface area contributed by atoms with E-state index >= 15 is 0 Å². The van der Waals surface area contributed by atoms with Crippen LogP contribution in [-0.2, 0) is 14.4 Å². The van der Waals surface area contributed by atoms with Gasteiger partial charge in [0.15, 0.2) is 5.82 Å². The molecule has 0 spiro atoms. The van der Waals surface area contributed by atoms with Gasteiger partial charge >= 0.3 is 5.97 Å². The van der Waals surface area contributed by atoms with E-state index in [4.69, 9.17) is 14.7 Å². The van der Waals surface area contributed by atoms with Gasteiger partial charge in [0.1, 0.15) is 0 Å². The van der Waals surface area contributed by atoms with Crippen molar-refractivity contribution < 1.29 is 19.5 Å². The number of hydrogen-bond donors (Lipinski definition) is 2. The lowest BCUT2D eigenvalue weighted by Crippen LogP contribution is -2.29. The molecule has 1 heterocycles. The van der Waals surface area contributed by atoms with Gasteiger partial charge in [0.25, 0.3) is 0 Å². The third kappa shape index (κ3) is 5.73. The Morgan fingerprint density at radius 3 is 2.84 bits per heavy atom. The van der Waals surface area contributed by atoms with E-state index < -0.39 is 12.1 Å². The zero-order valence-electron chi connectivity index (χ0n) is 10.9. The number of unbranched alkanes of at least 4 members (excludes halogenated alkanes) is 1. The fourth-order valence-electron chi connectivity index (χ4n) is 1.23. The first kappa shape index (κ1) is 15.5. The van der Waals surface area contributed by atoms with Crippen molar-refractivity contribution in [3.8, 4) is 0 Å². The molecule has 0 aliphatic rings. The van der Waals surface area contributed by atoms with E-state index in [9.17, 15) is 4.79 Å². The van der Waals surface area contributed by atoms with E-state index in [-0.39, 0.29) is 19.0 Å². The second-order valence-electron chi connectivity index (χ2n) is 3.74. The molecule has 1 unspecified atom stereocenters. The minimum absolute atomic E-state index is 0.104. The van der Waals surface area contributed by atoms with Crippen LogP contribution in [0.15, 0.2) is 18.5 Å². The Bertz CT molecular complexity index is 361. The average Bonchev–Trinajstić information content (AvgIpc) is 2.45. The standard InChI is InChI=1S/C12H19N3O4/c1-2-3-9-18-12(17)10(19-15-7-8-16)11-13-5-4-6-14-11/h4-6,10,15-16H,2-3,7-9H2,1H3. The van der Waals surface area contributed by atoms with Crippen LogP contribution >= 0.6 is 0 Å². The molecule has 0 aromatic carbocycles. The van der Waals surface area contributed by atoms with Crippen LogP contribution < -0.4 is 5.48 Å². The number of hydrogen-bond acceptors (Lipinski definition) is 7. The lowest BCUT2D eigenvalue weighted by Gasteiger charge is -2.15. The summed E-state index contributed by atoms with van der Waals surface area (Å²) in [5.41, 5.74) is 2.47. The molecule has 7 heteroatoms. The summed E-state index contributed by atoms with van der Waals surface area (Å²) in [7, 11) is 0. The van der Waals surface area contributed by atoms with Crippen molar-refractivity contribution in [1.82, 2.24) is 15.4 Å². The summed E-state index contributed by atoms with van der Waals surface area (Å²) in [4.78, 5) is 25.0. The molecule has 1 atom stereocenters. The number of ether oxygens (including phenoxy) is 1. The van der Waals surface area contributed by atoms with Crippen LogP contribution in [0.5, 0.6) is 0 Å². The molecule has 19 heavy (non-hydrogen) atoms. The third-order valence-electron chi connectivity index (χ3n) is 2.19. The van der Waals surface area contributed by atoms with Crippen molar-refractivity contribution in [1.29, 1.82) is 0 Å². The molecule has 0 bridgehead atoms. The molecule has 106 valence electrons. The highest BCUT2D eigenvalue weighted by molar-refractivity contribution is 5.75. The fourth-order valence-corrected chi connectivity index (χ4v) is 1.23. The summed E-state index contributed by atoms with van der Waals surface area (Å²) < 4.78 is 5.08. The summed E-state index contributed by atoms with van der Waals surface area (Å²) in [5, 5.41) is 8.67. The van der Waals surface area contributed by atoms with Crippen molar-refractivity contribution in [3.63, 3.8) is 0 Å². The molecule has 0 radical (unpaired) electrons. The van der Waals surface area contributed by atoms with E-state index in [0.29, 0.717) is 6.61 Å². The van der Waals surface area contributed by atoms with Crippen LogP contribution in [0.1, 0.15) is 31.7 Å². The molecule has 0 saturated carbocycles. The summed E-state index contributed by atoms with van der Waals surface area (Å²) in [6.07, 6.45) is 3.72. The van der Waals surface area contributed by atoms with Gasteiger partial charge in [-0.05, 0) is 12.5 Å². The molecule has 0 aliphatic carbocycles. The van der Waals surface area contributed by atoms with Gasteiger partial charge in [0.2, 0.25) is 6.10 Å². The Hall–Kier alpha value is -1.57. The lowest BCUT2D eigenvalue weighted by molar-refractivity contribution is -0.164. The van der Waals surface area contributed by atoms with Crippen LogP contribution in [0.4, 0.5) is 0 Å². The lowest BCUT2D eigenvalue weighted by atomic mass is 10.3. The molecule has 1 rings (SSSR count). The van der Waals surface area contributed by atoms with E-state index in [1.807, 2.05) is 6.92 Å². The van der Waals surface area contributed by atoms with Gasteiger partial charge in [0, 0.05) is 18.9 Å². The number of esters is 1. The molecule has 2 N–H and O–H groups in total. The van der Waals surface area contributed by atoms with Crippen molar-refractivity contribution in [2.45, 2.75) is 25.9 Å². The van der Waals surface area contributed by atoms with E-state index in [1.54, 1.807) is 6.07 Å². The zero-order chi connectivity index (χ0) is 13.9. The molecule has 0 fully saturated rings. The van der Waals surface area contributed by atoms with Crippen molar-refractivity contribution in [3.05, 3.63) is 24.3 Å². The maximum Gasteiger partial charge on any atom is 0.345 e. The average molecular weight is 269 g/mol. The first-order valence-corrected chi connectivity index (χ1v) is 6.22. The number of aliphatic hydroxyl groups excluding tert-OH is 1. The SMILES string of the molecule is CCCCOC(=O)C(ONCCO)c1ncccn1. The molecular formula is C12H19N3O4. The molecule has 1 aromatic heterocycles. The van der Waals surface area contributed by atoms with E-state index in [2.05, 4.69) is 15.4 Å². The maximum atomic E-state index is 11.9. The highest BCUT2D eigenvalue weighted by Crippen LogP contribution is 2.13. The first-order valence-electron chi connectivity index (χ1n) is 6.22. The normalized spacial score (nSPS) is 12.1. The molecule has 0 amide bonds. The summed E-state index contributed by atoms with van der Waals surface area (Å²) in [6, 6.07) is 1.64. The second-order valence-corrected chi connectivity index (χ2v) is 3.74. The topological polar surface area (TPSA) is 93.6 Å². The van der Waals surface area contributed by atoms with Crippen LogP contribution in [0.3, 0.4) is 0 Å². The minimum Gasteiger partial charge on any atom is -0.463 e. The number of carbonyl (C=O) groups is 1. The molecule has 7 nitrogen and oxygen atoms in total. The number of aliphatic hydroxyl groups is 1. The molecule has 1 aromatic rings. The Morgan fingerprint density at radius 2 is 2.21 bits per heavy atom. The predicted octanol–water partition coefficient (Wildman–Crippen LogP) is 0.374. The van der Waals surface area contributed by atoms with E-state index in [0.717, 1.165) is 12.8 Å². The van der Waals surface area contributed by atoms with Crippen molar-refractivity contribution in [2.75, 3.05) is 19.8 Å². The van der Waals surface area contributed by atoms with Crippen LogP contribution in [0.2, 0.25) is 0 Å². The van der Waals surface area contributed by atoms with Gasteiger partial charge in [-0.1, -0.05) is 13.3 Å². The third-order valence-corrected chi connectivity index (χ3v) is 2.19. The predicted molar refractivity (Wildman–Crippen MR) is 66.8 cm³/mol. The Balaban J connectivity index is 2.61. The smallest absolute Gasteiger partial charge is 0.345 e. The molecule has 0 saturated heterocycles. The Labute approximate surface area is 111 Å². The monoisotopic (exact) mass is 269 g/mol. The van der Waals surface area contributed by atoms with Crippen LogP contribution in [0.25, 0.3) is 0 Å². The highest BCUT2D eigenvalue weighted by atomic mass is 16.7. The van der Waals surface area contributed by atoms with E-state index in [1.165, 1.54) is 12.4 Å². The fraction of sp³-hybridized carbons (Fsp3) is 0.583. The van der Waals surface area contributed by atoms with Crippen molar-refractivity contribution in [2.24, 2.45) is 0 Å². The molecule has 0 aliphatic heterocycles. The minimum atomic E-state index is -1.04. The number of nitrogens with one attached hydrogen (secondary N) is 1. The Morgan fingerprint density at radius 1 is 1.47 bits per heavy atom. The summed E-state index contributed by atoms with van der Waals surface area (Å²) >= 11 is 0. The molecular weight excluding hydrogens is 250 g/mol. The highest BCUT2D eigenvalue weighted by Gasteiger charge is 2.26. The number of hydroxylamine groups is 1.